The number of nitrogens with two attached hydrogens (primary N) is 1. The molecule has 1 heterocycles. The van der Waals surface area contributed by atoms with Crippen LogP contribution in [0.5, 0.6) is 5.75 Å². The van der Waals surface area contributed by atoms with Crippen LogP contribution in [0.1, 0.15) is 25.3 Å². The Morgan fingerprint density at radius 1 is 1.08 bits per heavy atom. The standard InChI is InChI=1S/C21H22N2O3/c1-3-25-21(24)18-17(15-10-6-4-7-11-15)19(14(2)23-20(18)22)26-16-12-8-5-9-13-16/h4-13,17,23H,3,22H2,1-2H3. The van der Waals surface area contributed by atoms with Gasteiger partial charge in [-0.15, -0.1) is 0 Å². The van der Waals surface area contributed by atoms with Crippen molar-refractivity contribution >= 4 is 5.97 Å². The van der Waals surface area contributed by atoms with Gasteiger partial charge in [-0.3, -0.25) is 0 Å². The van der Waals surface area contributed by atoms with E-state index in [9.17, 15) is 4.79 Å². The number of hydrogen-bond acceptors (Lipinski definition) is 5. The van der Waals surface area contributed by atoms with E-state index in [0.717, 1.165) is 11.3 Å². The number of carbonyl (C=O) groups is 1. The molecule has 1 unspecified atom stereocenters. The third kappa shape index (κ3) is 3.57. The van der Waals surface area contributed by atoms with Gasteiger partial charge in [0.05, 0.1) is 23.8 Å². The molecule has 0 saturated carbocycles. The minimum absolute atomic E-state index is 0.273. The highest BCUT2D eigenvalue weighted by molar-refractivity contribution is 5.92. The number of benzene rings is 2. The summed E-state index contributed by atoms with van der Waals surface area (Å²) in [5.41, 5.74) is 8.18. The lowest BCUT2D eigenvalue weighted by Gasteiger charge is -2.30. The van der Waals surface area contributed by atoms with Crippen molar-refractivity contribution in [2.75, 3.05) is 6.61 Å². The van der Waals surface area contributed by atoms with Crippen LogP contribution >= 0.6 is 0 Å². The predicted molar refractivity (Wildman–Crippen MR) is 99.9 cm³/mol. The number of ether oxygens (including phenoxy) is 2. The van der Waals surface area contributed by atoms with E-state index in [2.05, 4.69) is 5.32 Å². The first kappa shape index (κ1) is 17.6. The molecule has 134 valence electrons. The second-order valence-electron chi connectivity index (χ2n) is 5.92. The van der Waals surface area contributed by atoms with Crippen molar-refractivity contribution < 1.29 is 14.3 Å². The Morgan fingerprint density at radius 3 is 2.31 bits per heavy atom. The van der Waals surface area contributed by atoms with Gasteiger partial charge in [0.2, 0.25) is 0 Å². The maximum absolute atomic E-state index is 12.6. The molecule has 3 N–H and O–H groups in total. The summed E-state index contributed by atoms with van der Waals surface area (Å²) in [5.74, 6) is 0.702. The van der Waals surface area contributed by atoms with Crippen LogP contribution in [0.4, 0.5) is 0 Å². The van der Waals surface area contributed by atoms with Crippen molar-refractivity contribution in [3.05, 3.63) is 89.1 Å². The summed E-state index contributed by atoms with van der Waals surface area (Å²) in [5, 5.41) is 3.05. The first-order valence-electron chi connectivity index (χ1n) is 8.54. The van der Waals surface area contributed by atoms with Gasteiger partial charge in [-0.2, -0.15) is 0 Å². The van der Waals surface area contributed by atoms with Gasteiger partial charge in [0.25, 0.3) is 0 Å². The van der Waals surface area contributed by atoms with E-state index in [1.165, 1.54) is 0 Å². The van der Waals surface area contributed by atoms with Crippen LogP contribution in [0.3, 0.4) is 0 Å². The first-order chi connectivity index (χ1) is 12.6. The van der Waals surface area contributed by atoms with Gasteiger partial charge < -0.3 is 20.5 Å². The van der Waals surface area contributed by atoms with Gasteiger partial charge in [-0.25, -0.2) is 4.79 Å². The number of nitrogens with one attached hydrogen (secondary N) is 1. The van der Waals surface area contributed by atoms with E-state index in [-0.39, 0.29) is 12.4 Å². The summed E-state index contributed by atoms with van der Waals surface area (Å²) in [6, 6.07) is 19.1. The van der Waals surface area contributed by atoms with Crippen LogP contribution in [0, 0.1) is 0 Å². The van der Waals surface area contributed by atoms with Crippen LogP contribution in [0.25, 0.3) is 0 Å². The Labute approximate surface area is 153 Å². The molecule has 0 bridgehead atoms. The van der Waals surface area contributed by atoms with Crippen LogP contribution < -0.4 is 15.8 Å². The summed E-state index contributed by atoms with van der Waals surface area (Å²) in [6.45, 7) is 3.92. The van der Waals surface area contributed by atoms with Crippen LogP contribution in [-0.2, 0) is 9.53 Å². The smallest absolute Gasteiger partial charge is 0.338 e. The first-order valence-corrected chi connectivity index (χ1v) is 8.54. The fourth-order valence-electron chi connectivity index (χ4n) is 2.99. The molecule has 1 aliphatic rings. The van der Waals surface area contributed by atoms with E-state index in [4.69, 9.17) is 15.2 Å². The fraction of sp³-hybridized carbons (Fsp3) is 0.190. The van der Waals surface area contributed by atoms with Crippen LogP contribution in [-0.4, -0.2) is 12.6 Å². The zero-order valence-corrected chi connectivity index (χ0v) is 14.9. The van der Waals surface area contributed by atoms with Crippen molar-refractivity contribution in [1.29, 1.82) is 0 Å². The number of rotatable bonds is 5. The van der Waals surface area contributed by atoms with E-state index < -0.39 is 11.9 Å². The minimum atomic E-state index is -0.451. The number of dihydropyridines is 1. The maximum Gasteiger partial charge on any atom is 0.338 e. The predicted octanol–water partition coefficient (Wildman–Crippen LogP) is 3.42. The molecule has 1 atom stereocenters. The van der Waals surface area contributed by atoms with Crippen molar-refractivity contribution in [2.45, 2.75) is 19.8 Å². The number of esters is 1. The minimum Gasteiger partial charge on any atom is -0.463 e. The highest BCUT2D eigenvalue weighted by atomic mass is 16.5. The highest BCUT2D eigenvalue weighted by Gasteiger charge is 2.36. The summed E-state index contributed by atoms with van der Waals surface area (Å²) >= 11 is 0. The number of carbonyl (C=O) groups excluding carboxylic acids is 1. The molecule has 5 nitrogen and oxygen atoms in total. The lowest BCUT2D eigenvalue weighted by atomic mass is 9.86. The fourth-order valence-corrected chi connectivity index (χ4v) is 2.99. The molecule has 0 aliphatic carbocycles. The maximum atomic E-state index is 12.6. The van der Waals surface area contributed by atoms with E-state index in [1.54, 1.807) is 6.92 Å². The summed E-state index contributed by atoms with van der Waals surface area (Å²) in [7, 11) is 0. The van der Waals surface area contributed by atoms with Gasteiger partial charge in [-0.1, -0.05) is 48.5 Å². The number of hydrogen-bond donors (Lipinski definition) is 2. The quantitative estimate of drug-likeness (QED) is 0.809. The molecular formula is C21H22N2O3. The lowest BCUT2D eigenvalue weighted by Crippen LogP contribution is -2.35. The van der Waals surface area contributed by atoms with Crippen molar-refractivity contribution in [3.63, 3.8) is 0 Å². The molecule has 2 aromatic carbocycles. The monoisotopic (exact) mass is 350 g/mol. The molecule has 0 saturated heterocycles. The number of allylic oxidation sites excluding steroid dienone is 2. The van der Waals surface area contributed by atoms with Gasteiger partial charge in [-0.05, 0) is 31.5 Å². The van der Waals surface area contributed by atoms with Gasteiger partial charge in [0.1, 0.15) is 17.3 Å². The Kier molecular flexibility index (Phi) is 5.27. The summed E-state index contributed by atoms with van der Waals surface area (Å²) in [6.07, 6.45) is 0. The third-order valence-corrected chi connectivity index (χ3v) is 4.13. The summed E-state index contributed by atoms with van der Waals surface area (Å²) in [4.78, 5) is 12.6. The largest absolute Gasteiger partial charge is 0.463 e. The molecular weight excluding hydrogens is 328 g/mol. The molecule has 0 spiro atoms. The van der Waals surface area contributed by atoms with Gasteiger partial charge in [0.15, 0.2) is 0 Å². The average Bonchev–Trinajstić information content (AvgIpc) is 2.65. The molecule has 2 aromatic rings. The van der Waals surface area contributed by atoms with E-state index >= 15 is 0 Å². The highest BCUT2D eigenvalue weighted by Crippen LogP contribution is 2.38. The third-order valence-electron chi connectivity index (χ3n) is 4.13. The second-order valence-corrected chi connectivity index (χ2v) is 5.92. The molecule has 1 aliphatic heterocycles. The molecule has 5 heteroatoms. The molecule has 0 aromatic heterocycles. The Bertz CT molecular complexity index is 842. The van der Waals surface area contributed by atoms with Crippen molar-refractivity contribution in [3.8, 4) is 5.75 Å². The Hall–Kier alpha value is -3.21. The molecule has 0 fully saturated rings. The number of para-hydroxylation sites is 1. The van der Waals surface area contributed by atoms with Crippen molar-refractivity contribution in [1.82, 2.24) is 5.32 Å². The molecule has 0 radical (unpaired) electrons. The summed E-state index contributed by atoms with van der Waals surface area (Å²) < 4.78 is 11.4. The van der Waals surface area contributed by atoms with E-state index in [0.29, 0.717) is 17.1 Å². The zero-order valence-electron chi connectivity index (χ0n) is 14.9. The lowest BCUT2D eigenvalue weighted by molar-refractivity contribution is -0.139. The normalized spacial score (nSPS) is 16.9. The van der Waals surface area contributed by atoms with E-state index in [1.807, 2.05) is 67.6 Å². The van der Waals surface area contributed by atoms with Gasteiger partial charge >= 0.3 is 5.97 Å². The zero-order chi connectivity index (χ0) is 18.5. The van der Waals surface area contributed by atoms with Gasteiger partial charge in [0, 0.05) is 0 Å². The SMILES string of the molecule is CCOC(=O)C1=C(N)NC(C)=C(Oc2ccccc2)C1c1ccccc1. The Balaban J connectivity index is 2.08. The molecule has 26 heavy (non-hydrogen) atoms. The van der Waals surface area contributed by atoms with Crippen LogP contribution in [0.2, 0.25) is 0 Å². The topological polar surface area (TPSA) is 73.6 Å². The second kappa shape index (κ2) is 7.78. The Morgan fingerprint density at radius 2 is 1.69 bits per heavy atom. The van der Waals surface area contributed by atoms with Crippen molar-refractivity contribution in [2.24, 2.45) is 5.73 Å². The van der Waals surface area contributed by atoms with Crippen LogP contribution in [0.15, 0.2) is 83.5 Å². The molecule has 3 rings (SSSR count). The average molecular weight is 350 g/mol. The molecule has 0 amide bonds.